The Morgan fingerprint density at radius 2 is 2.21 bits per heavy atom. The molecule has 2 aromatic rings. The summed E-state index contributed by atoms with van der Waals surface area (Å²) in [5.74, 6) is -0.0804. The molecular formula is C19H23N3O2. The van der Waals surface area contributed by atoms with Crippen LogP contribution < -0.4 is 10.6 Å². The predicted octanol–water partition coefficient (Wildman–Crippen LogP) is 1.78. The van der Waals surface area contributed by atoms with Crippen LogP contribution in [-0.2, 0) is 16.0 Å². The molecule has 1 aromatic carbocycles. The van der Waals surface area contributed by atoms with Crippen molar-refractivity contribution in [3.05, 3.63) is 65.5 Å². The molecule has 1 saturated heterocycles. The molecule has 126 valence electrons. The maximum Gasteiger partial charge on any atom is 0.250 e. The number of carbonyl (C=O) groups excluding carboxylic acids is 1. The van der Waals surface area contributed by atoms with E-state index in [0.717, 1.165) is 18.5 Å². The van der Waals surface area contributed by atoms with Crippen LogP contribution in [0.25, 0.3) is 0 Å². The van der Waals surface area contributed by atoms with E-state index in [1.54, 1.807) is 12.4 Å². The smallest absolute Gasteiger partial charge is 0.250 e. The van der Waals surface area contributed by atoms with Gasteiger partial charge in [-0.25, -0.2) is 0 Å². The van der Waals surface area contributed by atoms with E-state index in [4.69, 9.17) is 4.74 Å². The lowest BCUT2D eigenvalue weighted by Crippen LogP contribution is -2.48. The van der Waals surface area contributed by atoms with Crippen LogP contribution in [0.5, 0.6) is 0 Å². The molecule has 1 aliphatic heterocycles. The zero-order chi connectivity index (χ0) is 16.8. The molecule has 2 atom stereocenters. The minimum absolute atomic E-state index is 0.0804. The van der Waals surface area contributed by atoms with E-state index in [2.05, 4.69) is 46.8 Å². The number of pyridine rings is 1. The summed E-state index contributed by atoms with van der Waals surface area (Å²) in [7, 11) is 0. The number of ether oxygens (including phenoxy) is 1. The lowest BCUT2D eigenvalue weighted by atomic mass is 9.99. The Kier molecular flexibility index (Phi) is 5.56. The van der Waals surface area contributed by atoms with Gasteiger partial charge in [0.25, 0.3) is 5.91 Å². The Morgan fingerprint density at radius 3 is 2.88 bits per heavy atom. The van der Waals surface area contributed by atoms with E-state index in [0.29, 0.717) is 13.2 Å². The number of hydrogen-bond acceptors (Lipinski definition) is 4. The number of aromatic nitrogens is 1. The fourth-order valence-electron chi connectivity index (χ4n) is 2.79. The monoisotopic (exact) mass is 325 g/mol. The Bertz CT molecular complexity index is 652. The average molecular weight is 325 g/mol. The molecule has 5 nitrogen and oxygen atoms in total. The van der Waals surface area contributed by atoms with Crippen LogP contribution in [-0.4, -0.2) is 36.7 Å². The van der Waals surface area contributed by atoms with Crippen molar-refractivity contribution in [3.63, 3.8) is 0 Å². The van der Waals surface area contributed by atoms with Crippen molar-refractivity contribution in [1.82, 2.24) is 15.6 Å². The zero-order valence-corrected chi connectivity index (χ0v) is 13.9. The van der Waals surface area contributed by atoms with Gasteiger partial charge in [0, 0.05) is 25.5 Å². The Hall–Kier alpha value is -2.24. The number of morpholine rings is 1. The average Bonchev–Trinajstić information content (AvgIpc) is 2.64. The highest BCUT2D eigenvalue weighted by atomic mass is 16.5. The number of nitrogens with zero attached hydrogens (tertiary/aromatic N) is 1. The van der Waals surface area contributed by atoms with Gasteiger partial charge >= 0.3 is 0 Å². The molecule has 0 aliphatic carbocycles. The third-order valence-electron chi connectivity index (χ3n) is 4.18. The summed E-state index contributed by atoms with van der Waals surface area (Å²) in [5.41, 5.74) is 3.40. The summed E-state index contributed by atoms with van der Waals surface area (Å²) in [4.78, 5) is 16.7. The van der Waals surface area contributed by atoms with Crippen LogP contribution in [0, 0.1) is 6.92 Å². The first kappa shape index (κ1) is 16.6. The molecule has 3 rings (SSSR count). The zero-order valence-electron chi connectivity index (χ0n) is 13.9. The van der Waals surface area contributed by atoms with Gasteiger partial charge in [0.2, 0.25) is 0 Å². The first-order valence-corrected chi connectivity index (χ1v) is 8.30. The van der Waals surface area contributed by atoms with Gasteiger partial charge < -0.3 is 15.4 Å². The topological polar surface area (TPSA) is 63.2 Å². The molecule has 0 bridgehead atoms. The van der Waals surface area contributed by atoms with Gasteiger partial charge in [0.15, 0.2) is 0 Å². The van der Waals surface area contributed by atoms with Gasteiger partial charge in [0.05, 0.1) is 12.6 Å². The highest BCUT2D eigenvalue weighted by Gasteiger charge is 2.25. The Balaban J connectivity index is 1.74. The molecule has 1 fully saturated rings. The molecule has 0 saturated carbocycles. The number of hydrogen-bond donors (Lipinski definition) is 2. The van der Waals surface area contributed by atoms with Crippen molar-refractivity contribution >= 4 is 5.91 Å². The van der Waals surface area contributed by atoms with Crippen LogP contribution in [0.15, 0.2) is 48.8 Å². The fraction of sp³-hybridized carbons (Fsp3) is 0.368. The van der Waals surface area contributed by atoms with E-state index in [9.17, 15) is 4.79 Å². The van der Waals surface area contributed by atoms with Gasteiger partial charge in [-0.15, -0.1) is 0 Å². The number of aryl methyl sites for hydroxylation is 1. The summed E-state index contributed by atoms with van der Waals surface area (Å²) in [6.45, 7) is 3.97. The highest BCUT2D eigenvalue weighted by Crippen LogP contribution is 2.18. The molecule has 2 unspecified atom stereocenters. The van der Waals surface area contributed by atoms with E-state index in [1.165, 1.54) is 11.1 Å². The van der Waals surface area contributed by atoms with Crippen molar-refractivity contribution in [2.75, 3.05) is 19.7 Å². The molecular weight excluding hydrogens is 302 g/mol. The number of rotatable bonds is 5. The van der Waals surface area contributed by atoms with Gasteiger partial charge in [0.1, 0.15) is 6.10 Å². The van der Waals surface area contributed by atoms with Crippen LogP contribution in [0.3, 0.4) is 0 Å². The van der Waals surface area contributed by atoms with E-state index in [1.807, 2.05) is 12.1 Å². The molecule has 5 heteroatoms. The molecule has 1 aliphatic rings. The standard InChI is InChI=1S/C19H23N3O2/c1-14-4-6-15(7-5-14)11-17(16-3-2-8-20-12-16)22-19(23)18-13-21-9-10-24-18/h2-8,12,17-18,21H,9-11,13H2,1H3,(H,22,23). The van der Waals surface area contributed by atoms with E-state index in [-0.39, 0.29) is 11.9 Å². The lowest BCUT2D eigenvalue weighted by Gasteiger charge is -2.26. The van der Waals surface area contributed by atoms with Crippen molar-refractivity contribution in [1.29, 1.82) is 0 Å². The molecule has 1 aromatic heterocycles. The van der Waals surface area contributed by atoms with Crippen LogP contribution >= 0.6 is 0 Å². The molecule has 2 heterocycles. The first-order chi connectivity index (χ1) is 11.7. The largest absolute Gasteiger partial charge is 0.366 e. The second-order valence-corrected chi connectivity index (χ2v) is 6.10. The summed E-state index contributed by atoms with van der Waals surface area (Å²) in [6, 6.07) is 12.1. The number of carbonyl (C=O) groups is 1. The van der Waals surface area contributed by atoms with Crippen LogP contribution in [0.2, 0.25) is 0 Å². The molecule has 1 amide bonds. The minimum atomic E-state index is -0.434. The third kappa shape index (κ3) is 4.40. The van der Waals surface area contributed by atoms with Gasteiger partial charge in [-0.05, 0) is 30.5 Å². The Labute approximate surface area is 142 Å². The van der Waals surface area contributed by atoms with E-state index < -0.39 is 6.10 Å². The number of nitrogens with one attached hydrogen (secondary N) is 2. The van der Waals surface area contributed by atoms with Gasteiger partial charge in [-0.3, -0.25) is 9.78 Å². The third-order valence-corrected chi connectivity index (χ3v) is 4.18. The van der Waals surface area contributed by atoms with Gasteiger partial charge in [-0.2, -0.15) is 0 Å². The second-order valence-electron chi connectivity index (χ2n) is 6.10. The van der Waals surface area contributed by atoms with Crippen LogP contribution in [0.4, 0.5) is 0 Å². The quantitative estimate of drug-likeness (QED) is 0.880. The summed E-state index contributed by atoms with van der Waals surface area (Å²) >= 11 is 0. The number of amides is 1. The number of benzene rings is 1. The second kappa shape index (κ2) is 8.04. The van der Waals surface area contributed by atoms with Crippen LogP contribution in [0.1, 0.15) is 22.7 Å². The van der Waals surface area contributed by atoms with E-state index >= 15 is 0 Å². The molecule has 24 heavy (non-hydrogen) atoms. The first-order valence-electron chi connectivity index (χ1n) is 8.30. The normalized spacial score (nSPS) is 18.8. The maximum absolute atomic E-state index is 12.5. The minimum Gasteiger partial charge on any atom is -0.366 e. The fourth-order valence-corrected chi connectivity index (χ4v) is 2.79. The van der Waals surface area contributed by atoms with Crippen molar-refractivity contribution < 1.29 is 9.53 Å². The molecule has 0 radical (unpaired) electrons. The van der Waals surface area contributed by atoms with Crippen molar-refractivity contribution in [2.24, 2.45) is 0 Å². The molecule has 2 N–H and O–H groups in total. The maximum atomic E-state index is 12.5. The van der Waals surface area contributed by atoms with Crippen molar-refractivity contribution in [2.45, 2.75) is 25.5 Å². The molecule has 0 spiro atoms. The lowest BCUT2D eigenvalue weighted by molar-refractivity contribution is -0.135. The predicted molar refractivity (Wildman–Crippen MR) is 92.6 cm³/mol. The highest BCUT2D eigenvalue weighted by molar-refractivity contribution is 5.81. The summed E-state index contributed by atoms with van der Waals surface area (Å²) in [6.07, 6.45) is 3.83. The van der Waals surface area contributed by atoms with Crippen molar-refractivity contribution in [3.8, 4) is 0 Å². The Morgan fingerprint density at radius 1 is 1.38 bits per heavy atom. The summed E-state index contributed by atoms with van der Waals surface area (Å²) < 4.78 is 5.55. The van der Waals surface area contributed by atoms with Gasteiger partial charge in [-0.1, -0.05) is 35.9 Å². The summed E-state index contributed by atoms with van der Waals surface area (Å²) in [5, 5.41) is 6.31. The SMILES string of the molecule is Cc1ccc(CC(NC(=O)C2CNCCO2)c2cccnc2)cc1.